The number of aromatic amines is 1. The average Bonchev–Trinajstić information content (AvgIpc) is 3.34. The van der Waals surface area contributed by atoms with Gasteiger partial charge in [0.15, 0.2) is 5.13 Å². The Labute approximate surface area is 167 Å². The van der Waals surface area contributed by atoms with Gasteiger partial charge in [-0.25, -0.2) is 4.98 Å². The predicted molar refractivity (Wildman–Crippen MR) is 105 cm³/mol. The second-order valence-corrected chi connectivity index (χ2v) is 6.91. The van der Waals surface area contributed by atoms with Crippen LogP contribution in [0.3, 0.4) is 0 Å². The maximum Gasteiger partial charge on any atom is 0.387 e. The molecule has 0 radical (unpaired) electrons. The molecule has 1 amide bonds. The van der Waals surface area contributed by atoms with Crippen LogP contribution in [0.1, 0.15) is 10.5 Å². The molecule has 0 atom stereocenters. The quantitative estimate of drug-likeness (QED) is 0.481. The second kappa shape index (κ2) is 7.84. The van der Waals surface area contributed by atoms with Crippen LogP contribution in [0.15, 0.2) is 48.5 Å². The minimum atomic E-state index is -2.90. The average molecular weight is 416 g/mol. The van der Waals surface area contributed by atoms with Crippen molar-refractivity contribution in [3.05, 3.63) is 54.2 Å². The number of rotatable bonds is 6. The number of ether oxygens (including phenoxy) is 2. The molecule has 0 fully saturated rings. The van der Waals surface area contributed by atoms with E-state index in [1.807, 2.05) is 24.3 Å². The third kappa shape index (κ3) is 4.16. The van der Waals surface area contributed by atoms with E-state index in [-0.39, 0.29) is 11.4 Å². The van der Waals surface area contributed by atoms with Gasteiger partial charge in [-0.05, 0) is 36.4 Å². The van der Waals surface area contributed by atoms with Crippen LogP contribution in [-0.4, -0.2) is 34.8 Å². The minimum absolute atomic E-state index is 0.0329. The first-order valence-electron chi connectivity index (χ1n) is 8.38. The number of fused-ring (bicyclic) bond motifs is 1. The first kappa shape index (κ1) is 18.8. The summed E-state index contributed by atoms with van der Waals surface area (Å²) < 4.78 is 34.9. The number of nitrogens with one attached hydrogen (secondary N) is 2. The highest BCUT2D eigenvalue weighted by Gasteiger charge is 2.15. The van der Waals surface area contributed by atoms with Gasteiger partial charge in [0.05, 0.1) is 23.0 Å². The highest BCUT2D eigenvalue weighted by atomic mass is 32.1. The number of methoxy groups -OCH3 is 1. The molecular weight excluding hydrogens is 402 g/mol. The van der Waals surface area contributed by atoms with Crippen molar-refractivity contribution < 1.29 is 23.0 Å². The lowest BCUT2D eigenvalue weighted by Gasteiger charge is -2.02. The Hall–Kier alpha value is -3.53. The molecule has 0 bridgehead atoms. The van der Waals surface area contributed by atoms with E-state index >= 15 is 0 Å². The Morgan fingerprint density at radius 3 is 2.83 bits per heavy atom. The summed E-state index contributed by atoms with van der Waals surface area (Å²) in [5, 5.41) is 9.87. The first-order chi connectivity index (χ1) is 14.0. The lowest BCUT2D eigenvalue weighted by atomic mass is 10.1. The van der Waals surface area contributed by atoms with E-state index in [0.717, 1.165) is 16.9 Å². The number of alkyl halides is 2. The van der Waals surface area contributed by atoms with E-state index in [2.05, 4.69) is 25.2 Å². The molecule has 29 heavy (non-hydrogen) atoms. The maximum atomic E-state index is 12.5. The standard InChI is InChI=1S/C19H14F2N4O3S/c1-27-11-4-2-3-10(7-11)14-9-15(25-24-14)17(26)23-19-22-13-6-5-12(28-18(20)21)8-16(13)29-19/h2-9,18H,1H3,(H,24,25)(H,22,23,26). The van der Waals surface area contributed by atoms with Crippen molar-refractivity contribution in [3.63, 3.8) is 0 Å². The summed E-state index contributed by atoms with van der Waals surface area (Å²) in [6.07, 6.45) is 0. The van der Waals surface area contributed by atoms with Crippen LogP contribution in [0.2, 0.25) is 0 Å². The van der Waals surface area contributed by atoms with Crippen LogP contribution >= 0.6 is 11.3 Å². The summed E-state index contributed by atoms with van der Waals surface area (Å²) in [6.45, 7) is -2.90. The van der Waals surface area contributed by atoms with E-state index in [1.54, 1.807) is 19.2 Å². The van der Waals surface area contributed by atoms with Gasteiger partial charge in [0.1, 0.15) is 17.2 Å². The van der Waals surface area contributed by atoms with E-state index in [1.165, 1.54) is 12.1 Å². The molecule has 2 heterocycles. The minimum Gasteiger partial charge on any atom is -0.497 e. The van der Waals surface area contributed by atoms with E-state index < -0.39 is 12.5 Å². The van der Waals surface area contributed by atoms with Crippen LogP contribution in [0.5, 0.6) is 11.5 Å². The Morgan fingerprint density at radius 1 is 1.17 bits per heavy atom. The number of halogens is 2. The fraction of sp³-hybridized carbons (Fsp3) is 0.105. The molecule has 0 unspecified atom stereocenters. The fourth-order valence-corrected chi connectivity index (χ4v) is 3.56. The van der Waals surface area contributed by atoms with Gasteiger partial charge in [0, 0.05) is 5.56 Å². The molecule has 148 valence electrons. The van der Waals surface area contributed by atoms with E-state index in [9.17, 15) is 13.6 Å². The van der Waals surface area contributed by atoms with Gasteiger partial charge in [-0.3, -0.25) is 15.2 Å². The summed E-state index contributed by atoms with van der Waals surface area (Å²) in [6, 6.07) is 13.3. The first-order valence-corrected chi connectivity index (χ1v) is 9.20. The number of benzene rings is 2. The van der Waals surface area contributed by atoms with Gasteiger partial charge in [-0.15, -0.1) is 0 Å². The Morgan fingerprint density at radius 2 is 2.03 bits per heavy atom. The van der Waals surface area contributed by atoms with Gasteiger partial charge in [0.2, 0.25) is 0 Å². The number of carbonyl (C=O) groups excluding carboxylic acids is 1. The summed E-state index contributed by atoms with van der Waals surface area (Å²) >= 11 is 1.15. The molecule has 10 heteroatoms. The zero-order chi connectivity index (χ0) is 20.4. The van der Waals surface area contributed by atoms with Crippen molar-refractivity contribution in [3.8, 4) is 22.8 Å². The molecular formula is C19H14F2N4O3S. The van der Waals surface area contributed by atoms with Crippen LogP contribution in [0.4, 0.5) is 13.9 Å². The van der Waals surface area contributed by atoms with Crippen molar-refractivity contribution in [2.75, 3.05) is 12.4 Å². The van der Waals surface area contributed by atoms with Gasteiger partial charge in [-0.2, -0.15) is 13.9 Å². The molecule has 7 nitrogen and oxygen atoms in total. The Bertz CT molecular complexity index is 1180. The molecule has 0 aliphatic carbocycles. The molecule has 4 rings (SSSR count). The molecule has 0 spiro atoms. The third-order valence-electron chi connectivity index (χ3n) is 3.99. The van der Waals surface area contributed by atoms with Crippen molar-refractivity contribution in [2.24, 2.45) is 0 Å². The Balaban J connectivity index is 1.51. The maximum absolute atomic E-state index is 12.5. The molecule has 2 aromatic carbocycles. The number of hydrogen-bond acceptors (Lipinski definition) is 6. The fourth-order valence-electron chi connectivity index (χ4n) is 2.67. The van der Waals surface area contributed by atoms with Gasteiger partial charge >= 0.3 is 6.61 Å². The Kier molecular flexibility index (Phi) is 5.09. The highest BCUT2D eigenvalue weighted by molar-refractivity contribution is 7.22. The molecule has 0 saturated heterocycles. The zero-order valence-corrected chi connectivity index (χ0v) is 15.8. The third-order valence-corrected chi connectivity index (χ3v) is 4.93. The summed E-state index contributed by atoms with van der Waals surface area (Å²) in [5.74, 6) is 0.293. The summed E-state index contributed by atoms with van der Waals surface area (Å²) in [7, 11) is 1.57. The van der Waals surface area contributed by atoms with Crippen LogP contribution < -0.4 is 14.8 Å². The largest absolute Gasteiger partial charge is 0.497 e. The van der Waals surface area contributed by atoms with Gasteiger partial charge in [0.25, 0.3) is 5.91 Å². The van der Waals surface area contributed by atoms with Crippen molar-refractivity contribution in [1.82, 2.24) is 15.2 Å². The topological polar surface area (TPSA) is 89.1 Å². The number of anilines is 1. The van der Waals surface area contributed by atoms with Crippen LogP contribution in [0.25, 0.3) is 21.5 Å². The summed E-state index contributed by atoms with van der Waals surface area (Å²) in [5.41, 5.74) is 2.20. The summed E-state index contributed by atoms with van der Waals surface area (Å²) in [4.78, 5) is 16.8. The number of hydrogen-bond donors (Lipinski definition) is 2. The molecule has 0 saturated carbocycles. The zero-order valence-electron chi connectivity index (χ0n) is 15.0. The number of amides is 1. The number of aromatic nitrogens is 3. The normalized spacial score (nSPS) is 11.0. The van der Waals surface area contributed by atoms with Gasteiger partial charge < -0.3 is 9.47 Å². The van der Waals surface area contributed by atoms with E-state index in [4.69, 9.17) is 4.74 Å². The van der Waals surface area contributed by atoms with Crippen molar-refractivity contribution in [2.45, 2.75) is 6.61 Å². The molecule has 2 aromatic heterocycles. The molecule has 0 aliphatic rings. The highest BCUT2D eigenvalue weighted by Crippen LogP contribution is 2.30. The van der Waals surface area contributed by atoms with Crippen LogP contribution in [0, 0.1) is 0 Å². The molecule has 0 aliphatic heterocycles. The predicted octanol–water partition coefficient (Wildman–Crippen LogP) is 4.55. The monoisotopic (exact) mass is 416 g/mol. The molecule has 4 aromatic rings. The van der Waals surface area contributed by atoms with Crippen LogP contribution in [-0.2, 0) is 0 Å². The number of nitrogens with zero attached hydrogens (tertiary/aromatic N) is 2. The molecule has 2 N–H and O–H groups in total. The lowest BCUT2D eigenvalue weighted by Crippen LogP contribution is -2.11. The number of thiazole rings is 1. The number of carbonyl (C=O) groups is 1. The number of H-pyrrole nitrogens is 1. The van der Waals surface area contributed by atoms with Gasteiger partial charge in [-0.1, -0.05) is 23.5 Å². The lowest BCUT2D eigenvalue weighted by molar-refractivity contribution is -0.0497. The van der Waals surface area contributed by atoms with E-state index in [0.29, 0.717) is 26.8 Å². The van der Waals surface area contributed by atoms with Crippen molar-refractivity contribution >= 4 is 32.6 Å². The van der Waals surface area contributed by atoms with Crippen molar-refractivity contribution in [1.29, 1.82) is 0 Å². The smallest absolute Gasteiger partial charge is 0.387 e. The second-order valence-electron chi connectivity index (χ2n) is 5.88. The SMILES string of the molecule is COc1cccc(-c2cc(C(=O)Nc3nc4ccc(OC(F)F)cc4s3)[nH]n2)c1.